The lowest BCUT2D eigenvalue weighted by Gasteiger charge is -2.01. The highest BCUT2D eigenvalue weighted by Crippen LogP contribution is 2.20. The molecule has 0 nitrogen and oxygen atoms in total. The maximum Gasteiger partial charge on any atom is 0.123 e. The normalized spacial score (nSPS) is 10.9. The van der Waals surface area contributed by atoms with Crippen LogP contribution in [-0.2, 0) is 0 Å². The van der Waals surface area contributed by atoms with Crippen LogP contribution in [0, 0.1) is 5.82 Å². The van der Waals surface area contributed by atoms with E-state index < -0.39 is 0 Å². The van der Waals surface area contributed by atoms with Crippen LogP contribution in [0.4, 0.5) is 8.78 Å². The highest BCUT2D eigenvalue weighted by Gasteiger charge is 1.97. The average Bonchev–Trinajstić information content (AvgIpc) is 2.32. The third kappa shape index (κ3) is 2.34. The van der Waals surface area contributed by atoms with Gasteiger partial charge in [0.2, 0.25) is 0 Å². The second-order valence-corrected chi connectivity index (χ2v) is 3.42. The quantitative estimate of drug-likeness (QED) is 0.696. The van der Waals surface area contributed by atoms with E-state index in [4.69, 9.17) is 0 Å². The summed E-state index contributed by atoms with van der Waals surface area (Å²) in [6.07, 6.45) is 1.89. The third-order valence-corrected chi connectivity index (χ3v) is 2.34. The van der Waals surface area contributed by atoms with E-state index in [0.717, 1.165) is 16.7 Å². The minimum absolute atomic E-state index is 0.249. The molecule has 0 aromatic heterocycles. The van der Waals surface area contributed by atoms with Gasteiger partial charge in [-0.05, 0) is 34.9 Å². The Morgan fingerprint density at radius 2 is 1.25 bits per heavy atom. The fourth-order valence-electron chi connectivity index (χ4n) is 1.50. The zero-order valence-electron chi connectivity index (χ0n) is 8.53. The third-order valence-electron chi connectivity index (χ3n) is 2.34. The Bertz CT molecular complexity index is 481. The highest BCUT2D eigenvalue weighted by molar-refractivity contribution is 5.65. The van der Waals surface area contributed by atoms with Crippen molar-refractivity contribution in [1.82, 2.24) is 0 Å². The van der Waals surface area contributed by atoms with Crippen molar-refractivity contribution in [1.29, 1.82) is 0 Å². The largest absolute Gasteiger partial charge is 0.216 e. The van der Waals surface area contributed by atoms with Crippen LogP contribution in [0.2, 0.25) is 0 Å². The standard InChI is InChI=1S/C14H10F2/c15-10-9-11-1-3-12(4-2-11)13-5-7-14(16)8-6-13/h1-10H/b10-9+. The number of hydrogen-bond donors (Lipinski definition) is 0. The molecule has 0 radical (unpaired) electrons. The van der Waals surface area contributed by atoms with Gasteiger partial charge in [0.1, 0.15) is 5.82 Å². The Hall–Kier alpha value is -1.96. The van der Waals surface area contributed by atoms with Crippen LogP contribution in [0.25, 0.3) is 17.2 Å². The molecule has 0 aliphatic carbocycles. The van der Waals surface area contributed by atoms with Gasteiger partial charge in [-0.25, -0.2) is 8.78 Å². The molecule has 2 rings (SSSR count). The average molecular weight is 216 g/mol. The molecule has 0 atom stereocenters. The molecule has 0 saturated carbocycles. The first-order valence-corrected chi connectivity index (χ1v) is 4.92. The molecule has 0 amide bonds. The smallest absolute Gasteiger partial charge is 0.123 e. The van der Waals surface area contributed by atoms with E-state index in [9.17, 15) is 8.78 Å². The zero-order valence-corrected chi connectivity index (χ0v) is 8.53. The number of benzene rings is 2. The van der Waals surface area contributed by atoms with E-state index in [1.54, 1.807) is 12.1 Å². The summed E-state index contributed by atoms with van der Waals surface area (Å²) in [4.78, 5) is 0. The van der Waals surface area contributed by atoms with Gasteiger partial charge in [-0.15, -0.1) is 0 Å². The Balaban J connectivity index is 2.31. The van der Waals surface area contributed by atoms with Crippen LogP contribution in [0.1, 0.15) is 5.56 Å². The van der Waals surface area contributed by atoms with Gasteiger partial charge in [0.25, 0.3) is 0 Å². The van der Waals surface area contributed by atoms with Crippen LogP contribution in [0.3, 0.4) is 0 Å². The predicted octanol–water partition coefficient (Wildman–Crippen LogP) is 4.43. The minimum Gasteiger partial charge on any atom is -0.216 e. The molecule has 2 aromatic rings. The van der Waals surface area contributed by atoms with E-state index in [1.807, 2.05) is 24.3 Å². The summed E-state index contributed by atoms with van der Waals surface area (Å²) in [5, 5.41) is 0. The van der Waals surface area contributed by atoms with Crippen molar-refractivity contribution in [2.75, 3.05) is 0 Å². The molecule has 80 valence electrons. The van der Waals surface area contributed by atoms with Crippen molar-refractivity contribution >= 4 is 6.08 Å². The van der Waals surface area contributed by atoms with E-state index in [0.29, 0.717) is 6.33 Å². The minimum atomic E-state index is -0.249. The van der Waals surface area contributed by atoms with E-state index in [-0.39, 0.29) is 5.82 Å². The Kier molecular flexibility index (Phi) is 3.10. The van der Waals surface area contributed by atoms with Crippen LogP contribution in [0.5, 0.6) is 0 Å². The van der Waals surface area contributed by atoms with Gasteiger partial charge < -0.3 is 0 Å². The Labute approximate surface area is 92.9 Å². The molecule has 0 N–H and O–H groups in total. The van der Waals surface area contributed by atoms with Gasteiger partial charge in [-0.3, -0.25) is 0 Å². The maximum absolute atomic E-state index is 12.7. The summed E-state index contributed by atoms with van der Waals surface area (Å²) < 4.78 is 24.6. The molecule has 16 heavy (non-hydrogen) atoms. The monoisotopic (exact) mass is 216 g/mol. The maximum atomic E-state index is 12.7. The van der Waals surface area contributed by atoms with Crippen molar-refractivity contribution in [3.63, 3.8) is 0 Å². The highest BCUT2D eigenvalue weighted by atomic mass is 19.1. The second-order valence-electron chi connectivity index (χ2n) is 3.42. The Morgan fingerprint density at radius 1 is 0.750 bits per heavy atom. The topological polar surface area (TPSA) is 0 Å². The SMILES string of the molecule is F/C=C/c1ccc(-c2ccc(F)cc2)cc1. The fraction of sp³-hybridized carbons (Fsp3) is 0. The van der Waals surface area contributed by atoms with Gasteiger partial charge in [0.15, 0.2) is 0 Å². The summed E-state index contributed by atoms with van der Waals surface area (Å²) in [6, 6.07) is 13.7. The summed E-state index contributed by atoms with van der Waals surface area (Å²) in [6.45, 7) is 0. The molecular weight excluding hydrogens is 206 g/mol. The lowest BCUT2D eigenvalue weighted by atomic mass is 10.0. The fourth-order valence-corrected chi connectivity index (χ4v) is 1.50. The molecule has 0 heterocycles. The summed E-state index contributed by atoms with van der Waals surface area (Å²) in [5.74, 6) is -0.249. The lowest BCUT2D eigenvalue weighted by Crippen LogP contribution is -1.79. The lowest BCUT2D eigenvalue weighted by molar-refractivity contribution is 0.628. The Morgan fingerprint density at radius 3 is 1.75 bits per heavy atom. The van der Waals surface area contributed by atoms with Crippen molar-refractivity contribution in [2.24, 2.45) is 0 Å². The summed E-state index contributed by atoms with van der Waals surface area (Å²) >= 11 is 0. The van der Waals surface area contributed by atoms with E-state index in [2.05, 4.69) is 0 Å². The van der Waals surface area contributed by atoms with Gasteiger partial charge in [0, 0.05) is 0 Å². The van der Waals surface area contributed by atoms with E-state index in [1.165, 1.54) is 18.2 Å². The van der Waals surface area contributed by atoms with Crippen molar-refractivity contribution in [3.05, 3.63) is 66.2 Å². The molecule has 2 aromatic carbocycles. The predicted molar refractivity (Wildman–Crippen MR) is 62.0 cm³/mol. The first-order valence-electron chi connectivity index (χ1n) is 4.92. The first kappa shape index (κ1) is 10.6. The molecule has 0 unspecified atom stereocenters. The molecule has 0 fully saturated rings. The van der Waals surface area contributed by atoms with Crippen LogP contribution in [-0.4, -0.2) is 0 Å². The molecule has 2 heteroatoms. The van der Waals surface area contributed by atoms with Gasteiger partial charge in [-0.2, -0.15) is 0 Å². The van der Waals surface area contributed by atoms with Gasteiger partial charge >= 0.3 is 0 Å². The van der Waals surface area contributed by atoms with Crippen molar-refractivity contribution < 1.29 is 8.78 Å². The van der Waals surface area contributed by atoms with Crippen LogP contribution < -0.4 is 0 Å². The summed E-state index contributed by atoms with van der Waals surface area (Å²) in [7, 11) is 0. The molecule has 0 spiro atoms. The van der Waals surface area contributed by atoms with Gasteiger partial charge in [-0.1, -0.05) is 36.4 Å². The molecule has 0 bridgehead atoms. The second kappa shape index (κ2) is 4.71. The molecule has 0 aliphatic rings. The van der Waals surface area contributed by atoms with Crippen LogP contribution >= 0.6 is 0 Å². The van der Waals surface area contributed by atoms with Crippen molar-refractivity contribution in [3.8, 4) is 11.1 Å². The van der Waals surface area contributed by atoms with Gasteiger partial charge in [0.05, 0.1) is 6.33 Å². The molecule has 0 saturated heterocycles. The summed E-state index contributed by atoms with van der Waals surface area (Å²) in [5.41, 5.74) is 2.72. The number of rotatable bonds is 2. The molecule has 0 aliphatic heterocycles. The van der Waals surface area contributed by atoms with Crippen LogP contribution in [0.15, 0.2) is 54.9 Å². The number of hydrogen-bond acceptors (Lipinski definition) is 0. The molecular formula is C14H10F2. The van der Waals surface area contributed by atoms with E-state index >= 15 is 0 Å². The number of halogens is 2. The first-order chi connectivity index (χ1) is 7.79. The zero-order chi connectivity index (χ0) is 11.4. The van der Waals surface area contributed by atoms with Crippen molar-refractivity contribution in [2.45, 2.75) is 0 Å².